The van der Waals surface area contributed by atoms with E-state index < -0.39 is 23.4 Å². The van der Waals surface area contributed by atoms with Crippen molar-refractivity contribution >= 4 is 21.8 Å². The first-order chi connectivity index (χ1) is 9.47. The quantitative estimate of drug-likeness (QED) is 0.844. The molecule has 0 bridgehead atoms. The molecule has 2 nitrogen and oxygen atoms in total. The lowest BCUT2D eigenvalue weighted by atomic mass is 10.1. The summed E-state index contributed by atoms with van der Waals surface area (Å²) in [7, 11) is 0. The zero-order chi connectivity index (χ0) is 14.7. The molecule has 0 atom stereocenters. The molecular weight excluding hydrogens is 335 g/mol. The number of halogens is 4. The molecule has 0 aliphatic heterocycles. The second kappa shape index (κ2) is 6.09. The molecule has 2 rings (SSSR count). The fraction of sp³-hybridized carbons (Fsp3) is 0.0714. The largest absolute Gasteiger partial charge is 0.348 e. The molecule has 0 unspecified atom stereocenters. The summed E-state index contributed by atoms with van der Waals surface area (Å²) in [4.78, 5) is 11.7. The maximum atomic E-state index is 13.0. The first-order valence-corrected chi connectivity index (χ1v) is 6.44. The van der Waals surface area contributed by atoms with Gasteiger partial charge in [-0.3, -0.25) is 4.79 Å². The Kier molecular flexibility index (Phi) is 4.44. The van der Waals surface area contributed by atoms with Crippen LogP contribution >= 0.6 is 15.9 Å². The summed E-state index contributed by atoms with van der Waals surface area (Å²) in [6.07, 6.45) is 0. The molecule has 6 heteroatoms. The van der Waals surface area contributed by atoms with Gasteiger partial charge in [0, 0.05) is 16.6 Å². The molecule has 0 aromatic heterocycles. The Hall–Kier alpha value is -1.82. The Balaban J connectivity index is 2.09. The smallest absolute Gasteiger partial charge is 0.251 e. The maximum Gasteiger partial charge on any atom is 0.251 e. The van der Waals surface area contributed by atoms with Crippen molar-refractivity contribution in [1.29, 1.82) is 0 Å². The summed E-state index contributed by atoms with van der Waals surface area (Å²) in [6.45, 7) is 0.193. The van der Waals surface area contributed by atoms with E-state index in [0.29, 0.717) is 12.1 Å². The Bertz CT molecular complexity index is 638. The third kappa shape index (κ3) is 3.39. The van der Waals surface area contributed by atoms with Crippen LogP contribution in [0.2, 0.25) is 0 Å². The van der Waals surface area contributed by atoms with Crippen LogP contribution in [0, 0.1) is 17.5 Å². The van der Waals surface area contributed by atoms with Gasteiger partial charge in [0.05, 0.1) is 0 Å². The molecule has 2 aromatic rings. The van der Waals surface area contributed by atoms with Crippen molar-refractivity contribution in [1.82, 2.24) is 5.32 Å². The maximum absolute atomic E-state index is 13.0. The summed E-state index contributed by atoms with van der Waals surface area (Å²) >= 11 is 3.29. The molecule has 20 heavy (non-hydrogen) atoms. The monoisotopic (exact) mass is 343 g/mol. The summed E-state index contributed by atoms with van der Waals surface area (Å²) in [5, 5.41) is 2.50. The van der Waals surface area contributed by atoms with Gasteiger partial charge in [-0.15, -0.1) is 0 Å². The van der Waals surface area contributed by atoms with E-state index >= 15 is 0 Å². The van der Waals surface area contributed by atoms with Gasteiger partial charge in [0.15, 0.2) is 17.5 Å². The van der Waals surface area contributed by atoms with Gasteiger partial charge in [0.25, 0.3) is 5.91 Å². The summed E-state index contributed by atoms with van der Waals surface area (Å²) < 4.78 is 39.7. The number of hydrogen-bond donors (Lipinski definition) is 1. The second-order valence-electron chi connectivity index (χ2n) is 4.07. The first kappa shape index (κ1) is 14.6. The SMILES string of the molecule is O=C(NCc1cccc(Br)c1)c1cc(F)c(F)c(F)c1. The van der Waals surface area contributed by atoms with Crippen LogP contribution in [0.4, 0.5) is 13.2 Å². The van der Waals surface area contributed by atoms with Crippen molar-refractivity contribution in [3.05, 3.63) is 69.4 Å². The van der Waals surface area contributed by atoms with Gasteiger partial charge in [-0.05, 0) is 29.8 Å². The zero-order valence-corrected chi connectivity index (χ0v) is 11.7. The first-order valence-electron chi connectivity index (χ1n) is 5.64. The molecule has 0 aliphatic carbocycles. The number of amides is 1. The highest BCUT2D eigenvalue weighted by Gasteiger charge is 2.14. The van der Waals surface area contributed by atoms with E-state index in [0.717, 1.165) is 10.0 Å². The van der Waals surface area contributed by atoms with Crippen LogP contribution in [-0.4, -0.2) is 5.91 Å². The van der Waals surface area contributed by atoms with Crippen LogP contribution in [0.3, 0.4) is 0 Å². The van der Waals surface area contributed by atoms with Crippen LogP contribution < -0.4 is 5.32 Å². The van der Waals surface area contributed by atoms with Crippen LogP contribution in [0.25, 0.3) is 0 Å². The van der Waals surface area contributed by atoms with Gasteiger partial charge < -0.3 is 5.32 Å². The molecule has 0 radical (unpaired) electrons. The van der Waals surface area contributed by atoms with Crippen LogP contribution in [-0.2, 0) is 6.54 Å². The number of nitrogens with one attached hydrogen (secondary N) is 1. The lowest BCUT2D eigenvalue weighted by Crippen LogP contribution is -2.23. The third-order valence-electron chi connectivity index (χ3n) is 2.59. The highest BCUT2D eigenvalue weighted by Crippen LogP contribution is 2.14. The Morgan fingerprint density at radius 2 is 1.75 bits per heavy atom. The van der Waals surface area contributed by atoms with E-state index in [-0.39, 0.29) is 12.1 Å². The Morgan fingerprint density at radius 1 is 1.10 bits per heavy atom. The fourth-order valence-corrected chi connectivity index (χ4v) is 2.06. The molecule has 1 amide bonds. The topological polar surface area (TPSA) is 29.1 Å². The van der Waals surface area contributed by atoms with E-state index in [1.165, 1.54) is 0 Å². The van der Waals surface area contributed by atoms with Crippen LogP contribution in [0.5, 0.6) is 0 Å². The average molecular weight is 344 g/mol. The Morgan fingerprint density at radius 3 is 2.35 bits per heavy atom. The van der Waals surface area contributed by atoms with Gasteiger partial charge >= 0.3 is 0 Å². The molecule has 0 fully saturated rings. The molecule has 0 heterocycles. The molecule has 2 aromatic carbocycles. The third-order valence-corrected chi connectivity index (χ3v) is 3.08. The lowest BCUT2D eigenvalue weighted by Gasteiger charge is -2.06. The number of hydrogen-bond acceptors (Lipinski definition) is 1. The van der Waals surface area contributed by atoms with Gasteiger partial charge in [-0.25, -0.2) is 13.2 Å². The predicted octanol–water partition coefficient (Wildman–Crippen LogP) is 3.80. The minimum Gasteiger partial charge on any atom is -0.348 e. The van der Waals surface area contributed by atoms with Crippen LogP contribution in [0.1, 0.15) is 15.9 Å². The normalized spacial score (nSPS) is 10.4. The molecule has 104 valence electrons. The standard InChI is InChI=1S/C14H9BrF3NO/c15-10-3-1-2-8(4-10)7-19-14(20)9-5-11(16)13(18)12(17)6-9/h1-6H,7H2,(H,19,20). The average Bonchev–Trinajstić information content (AvgIpc) is 2.41. The molecular formula is C14H9BrF3NO. The van der Waals surface area contributed by atoms with E-state index in [1.54, 1.807) is 18.2 Å². The number of rotatable bonds is 3. The van der Waals surface area contributed by atoms with Crippen molar-refractivity contribution in [2.45, 2.75) is 6.54 Å². The van der Waals surface area contributed by atoms with Gasteiger partial charge in [-0.2, -0.15) is 0 Å². The summed E-state index contributed by atoms with van der Waals surface area (Å²) in [6, 6.07) is 8.53. The number of carbonyl (C=O) groups is 1. The van der Waals surface area contributed by atoms with E-state index in [9.17, 15) is 18.0 Å². The van der Waals surface area contributed by atoms with Crippen molar-refractivity contribution in [2.24, 2.45) is 0 Å². The highest BCUT2D eigenvalue weighted by atomic mass is 79.9. The van der Waals surface area contributed by atoms with E-state index in [4.69, 9.17) is 0 Å². The van der Waals surface area contributed by atoms with Crippen molar-refractivity contribution in [3.63, 3.8) is 0 Å². The number of carbonyl (C=O) groups excluding carboxylic acids is 1. The molecule has 1 N–H and O–H groups in total. The van der Waals surface area contributed by atoms with E-state index in [2.05, 4.69) is 21.2 Å². The molecule has 0 saturated carbocycles. The van der Waals surface area contributed by atoms with Crippen molar-refractivity contribution < 1.29 is 18.0 Å². The van der Waals surface area contributed by atoms with Gasteiger partial charge in [-0.1, -0.05) is 28.1 Å². The van der Waals surface area contributed by atoms with Gasteiger partial charge in [0.1, 0.15) is 0 Å². The minimum absolute atomic E-state index is 0.193. The van der Waals surface area contributed by atoms with E-state index in [1.807, 2.05) is 6.07 Å². The molecule has 0 saturated heterocycles. The van der Waals surface area contributed by atoms with Gasteiger partial charge in [0.2, 0.25) is 0 Å². The fourth-order valence-electron chi connectivity index (χ4n) is 1.62. The molecule has 0 aliphatic rings. The lowest BCUT2D eigenvalue weighted by molar-refractivity contribution is 0.0949. The second-order valence-corrected chi connectivity index (χ2v) is 4.98. The molecule has 0 spiro atoms. The minimum atomic E-state index is -1.59. The summed E-state index contributed by atoms with van der Waals surface area (Å²) in [5.74, 6) is -5.05. The van der Waals surface area contributed by atoms with Crippen LogP contribution in [0.15, 0.2) is 40.9 Å². The van der Waals surface area contributed by atoms with Crippen molar-refractivity contribution in [3.8, 4) is 0 Å². The Labute approximate surface area is 121 Å². The zero-order valence-electron chi connectivity index (χ0n) is 10.1. The summed E-state index contributed by atoms with van der Waals surface area (Å²) in [5.41, 5.74) is 0.548. The predicted molar refractivity (Wildman–Crippen MR) is 71.6 cm³/mol. The number of benzene rings is 2. The van der Waals surface area contributed by atoms with Crippen molar-refractivity contribution in [2.75, 3.05) is 0 Å². The highest BCUT2D eigenvalue weighted by molar-refractivity contribution is 9.10.